The fourth-order valence-electron chi connectivity index (χ4n) is 1.58. The maximum atomic E-state index is 11.4. The molecule has 0 fully saturated rings. The average Bonchev–Trinajstić information content (AvgIpc) is 2.49. The number of allylic oxidation sites excluding steroid dienone is 3. The quantitative estimate of drug-likeness (QED) is 0.137. The summed E-state index contributed by atoms with van der Waals surface area (Å²) in [6.45, 7) is 2.24. The van der Waals surface area contributed by atoms with Gasteiger partial charge in [-0.3, -0.25) is 9.35 Å². The van der Waals surface area contributed by atoms with E-state index in [1.807, 2.05) is 0 Å². The molecule has 0 atom stereocenters. The molecule has 25 heavy (non-hydrogen) atoms. The number of esters is 1. The average molecular weight is 373 g/mol. The predicted octanol–water partition coefficient (Wildman–Crippen LogP) is 1.91. The van der Waals surface area contributed by atoms with Crippen molar-refractivity contribution in [2.45, 2.75) is 18.7 Å². The molecule has 1 N–H and O–H groups in total. The number of rotatable bonds is 8. The van der Waals surface area contributed by atoms with Crippen LogP contribution in [0.2, 0.25) is 0 Å². The molecule has 0 unspecified atom stereocenters. The summed E-state index contributed by atoms with van der Waals surface area (Å²) < 4.78 is 42.1. The third-order valence-corrected chi connectivity index (χ3v) is 3.36. The second-order valence-corrected chi connectivity index (χ2v) is 5.83. The molecular formula is C14H15NO9S. The van der Waals surface area contributed by atoms with Crippen LogP contribution in [-0.2, 0) is 19.8 Å². The molecule has 1 aromatic carbocycles. The third kappa shape index (κ3) is 7.01. The van der Waals surface area contributed by atoms with Crippen LogP contribution in [0.1, 0.15) is 13.8 Å². The molecule has 136 valence electrons. The third-order valence-electron chi connectivity index (χ3n) is 2.48. The summed E-state index contributed by atoms with van der Waals surface area (Å²) in [5, 5.41) is 9.27. The molecule has 0 aliphatic rings. The first-order valence-electron chi connectivity index (χ1n) is 6.70. The normalized spacial score (nSPS) is 12.0. The lowest BCUT2D eigenvalue weighted by Gasteiger charge is -2.12. The molecule has 0 bridgehead atoms. The number of nitrogens with zero attached hydrogens (tertiary/aromatic N) is 1. The topological polar surface area (TPSA) is 142 Å². The second kappa shape index (κ2) is 8.80. The van der Waals surface area contributed by atoms with Crippen molar-refractivity contribution in [1.29, 1.82) is 0 Å². The number of carbonyl (C=O) groups is 1. The van der Waals surface area contributed by atoms with E-state index in [9.17, 15) is 27.9 Å². The first kappa shape index (κ1) is 20.1. The second-order valence-electron chi connectivity index (χ2n) is 4.44. The van der Waals surface area contributed by atoms with Crippen LogP contribution in [-0.4, -0.2) is 30.6 Å². The highest BCUT2D eigenvalue weighted by molar-refractivity contribution is 7.86. The molecule has 0 aliphatic heterocycles. The van der Waals surface area contributed by atoms with Crippen molar-refractivity contribution < 1.29 is 37.2 Å². The van der Waals surface area contributed by atoms with Crippen LogP contribution in [0.5, 0.6) is 11.5 Å². The molecule has 0 radical (unpaired) electrons. The molecule has 11 heteroatoms. The first-order chi connectivity index (χ1) is 11.6. The Labute approximate surface area is 143 Å². The van der Waals surface area contributed by atoms with Crippen molar-refractivity contribution in [2.24, 2.45) is 0 Å². The van der Waals surface area contributed by atoms with E-state index >= 15 is 0 Å². The van der Waals surface area contributed by atoms with Gasteiger partial charge >= 0.3 is 5.97 Å². The Morgan fingerprint density at radius 1 is 1.36 bits per heavy atom. The zero-order chi connectivity index (χ0) is 19.0. The number of hydrogen-bond acceptors (Lipinski definition) is 8. The fraction of sp³-hybridized carbons (Fsp3) is 0.214. The van der Waals surface area contributed by atoms with E-state index in [1.54, 1.807) is 13.0 Å². The lowest BCUT2D eigenvalue weighted by atomic mass is 10.3. The molecule has 0 aliphatic carbocycles. The highest BCUT2D eigenvalue weighted by Crippen LogP contribution is 2.29. The Morgan fingerprint density at radius 2 is 2.04 bits per heavy atom. The zero-order valence-electron chi connectivity index (χ0n) is 13.2. The summed E-state index contributed by atoms with van der Waals surface area (Å²) in [7, 11) is -4.71. The Hall–Kier alpha value is -2.92. The van der Waals surface area contributed by atoms with E-state index < -0.39 is 32.7 Å². The lowest BCUT2D eigenvalue weighted by Crippen LogP contribution is -2.10. The minimum absolute atomic E-state index is 0.00340. The van der Waals surface area contributed by atoms with Gasteiger partial charge in [0.05, 0.1) is 0 Å². The summed E-state index contributed by atoms with van der Waals surface area (Å²) in [5.74, 6) is -1.25. The van der Waals surface area contributed by atoms with Crippen molar-refractivity contribution in [3.63, 3.8) is 0 Å². The molecule has 0 heterocycles. The van der Waals surface area contributed by atoms with Crippen molar-refractivity contribution in [2.75, 3.05) is 6.61 Å². The largest absolute Gasteiger partial charge is 0.460 e. The number of benzene rings is 1. The summed E-state index contributed by atoms with van der Waals surface area (Å²) in [4.78, 5) is 24.8. The van der Waals surface area contributed by atoms with Crippen LogP contribution in [0.25, 0.3) is 0 Å². The van der Waals surface area contributed by atoms with E-state index in [1.165, 1.54) is 18.2 Å². The van der Waals surface area contributed by atoms with Gasteiger partial charge < -0.3 is 14.3 Å². The van der Waals surface area contributed by atoms with Crippen LogP contribution in [0, 0.1) is 10.1 Å². The van der Waals surface area contributed by atoms with Gasteiger partial charge in [-0.1, -0.05) is 12.2 Å². The minimum Gasteiger partial charge on any atom is -0.460 e. The van der Waals surface area contributed by atoms with Gasteiger partial charge in [0, 0.05) is 13.0 Å². The van der Waals surface area contributed by atoms with Crippen molar-refractivity contribution >= 4 is 16.1 Å². The van der Waals surface area contributed by atoms with Gasteiger partial charge in [-0.15, -0.1) is 10.1 Å². The van der Waals surface area contributed by atoms with Crippen molar-refractivity contribution in [3.05, 3.63) is 52.3 Å². The Kier molecular flexibility index (Phi) is 7.08. The number of hydrogen-bond donors (Lipinski definition) is 1. The van der Waals surface area contributed by atoms with Gasteiger partial charge in [0.1, 0.15) is 16.4 Å². The van der Waals surface area contributed by atoms with Crippen LogP contribution in [0.4, 0.5) is 0 Å². The SMILES string of the molecule is C/C=C\C=C(\CO[N+](=O)[O-])Oc1ccc(OC(C)=O)c(S(=O)(=O)O)c1. The molecule has 1 rings (SSSR count). The predicted molar refractivity (Wildman–Crippen MR) is 84.0 cm³/mol. The maximum absolute atomic E-state index is 11.4. The molecule has 10 nitrogen and oxygen atoms in total. The van der Waals surface area contributed by atoms with Crippen LogP contribution in [0.3, 0.4) is 0 Å². The van der Waals surface area contributed by atoms with E-state index in [2.05, 4.69) is 4.84 Å². The number of ether oxygens (including phenoxy) is 2. The highest BCUT2D eigenvalue weighted by Gasteiger charge is 2.20. The highest BCUT2D eigenvalue weighted by atomic mass is 32.2. The van der Waals surface area contributed by atoms with Crippen LogP contribution < -0.4 is 9.47 Å². The summed E-state index contributed by atoms with van der Waals surface area (Å²) in [6, 6.07) is 3.26. The van der Waals surface area contributed by atoms with E-state index in [4.69, 9.17) is 9.47 Å². The molecule has 1 aromatic rings. The molecule has 0 saturated carbocycles. The molecule has 0 saturated heterocycles. The van der Waals surface area contributed by atoms with Gasteiger partial charge in [0.25, 0.3) is 15.2 Å². The molecule has 0 spiro atoms. The van der Waals surface area contributed by atoms with Gasteiger partial charge in [0.2, 0.25) is 0 Å². The van der Waals surface area contributed by atoms with Gasteiger partial charge in [0.15, 0.2) is 12.4 Å². The van der Waals surface area contributed by atoms with Gasteiger partial charge in [-0.2, -0.15) is 8.42 Å². The maximum Gasteiger partial charge on any atom is 0.308 e. The van der Waals surface area contributed by atoms with Crippen LogP contribution in [0.15, 0.2) is 47.1 Å². The van der Waals surface area contributed by atoms with Crippen molar-refractivity contribution in [3.8, 4) is 11.5 Å². The summed E-state index contributed by atoms with van der Waals surface area (Å²) >= 11 is 0. The zero-order valence-corrected chi connectivity index (χ0v) is 14.1. The Balaban J connectivity index is 3.18. The summed E-state index contributed by atoms with van der Waals surface area (Å²) in [5.41, 5.74) is 0. The lowest BCUT2D eigenvalue weighted by molar-refractivity contribution is -0.756. The standard InChI is InChI=1S/C14H15NO9S/c1-3-4-5-12(9-22-15(17)18)24-11-6-7-13(23-10(2)16)14(8-11)25(19,20)21/h3-8H,9H2,1-2H3,(H,19,20,21)/b4-3-,12-5-. The molecule has 0 aromatic heterocycles. The van der Waals surface area contributed by atoms with E-state index in [0.29, 0.717) is 0 Å². The van der Waals surface area contributed by atoms with Crippen LogP contribution >= 0.6 is 0 Å². The van der Waals surface area contributed by atoms with Crippen molar-refractivity contribution in [1.82, 2.24) is 0 Å². The van der Waals surface area contributed by atoms with E-state index in [-0.39, 0.29) is 17.3 Å². The van der Waals surface area contributed by atoms with Gasteiger partial charge in [-0.05, 0) is 25.1 Å². The minimum atomic E-state index is -4.71. The first-order valence-corrected chi connectivity index (χ1v) is 8.14. The summed E-state index contributed by atoms with van der Waals surface area (Å²) in [6.07, 6.45) is 4.52. The monoisotopic (exact) mass is 373 g/mol. The van der Waals surface area contributed by atoms with E-state index in [0.717, 1.165) is 19.1 Å². The Morgan fingerprint density at radius 3 is 2.56 bits per heavy atom. The van der Waals surface area contributed by atoms with Gasteiger partial charge in [-0.25, -0.2) is 0 Å². The fourth-order valence-corrected chi connectivity index (χ4v) is 2.20. The Bertz CT molecular complexity index is 812. The molecule has 0 amide bonds. The smallest absolute Gasteiger partial charge is 0.308 e. The molecular weight excluding hydrogens is 358 g/mol. The number of carbonyl (C=O) groups excluding carboxylic acids is 1.